The van der Waals surface area contributed by atoms with Crippen LogP contribution in [0.25, 0.3) is 0 Å². The topological polar surface area (TPSA) is 0 Å². The van der Waals surface area contributed by atoms with Crippen LogP contribution < -0.4 is 5.19 Å². The quantitative estimate of drug-likeness (QED) is 0.554. The normalized spacial score (nSPS) is 11.6. The van der Waals surface area contributed by atoms with E-state index in [2.05, 4.69) is 50.0 Å². The molecule has 0 fully saturated rings. The Morgan fingerprint density at radius 3 is 2.26 bits per heavy atom. The molecule has 2 aromatic rings. The summed E-state index contributed by atoms with van der Waals surface area (Å²) in [6.07, 6.45) is 0. The van der Waals surface area contributed by atoms with Crippen molar-refractivity contribution in [1.82, 2.24) is 0 Å². The van der Waals surface area contributed by atoms with Gasteiger partial charge < -0.3 is 0 Å². The Balaban J connectivity index is 2.01. The third-order valence-electron chi connectivity index (χ3n) is 3.02. The minimum atomic E-state index is -1.17. The van der Waals surface area contributed by atoms with E-state index >= 15 is 0 Å². The average Bonchev–Trinajstić information content (AvgIpc) is 2.36. The highest BCUT2D eigenvalue weighted by molar-refractivity contribution is 7.98. The molecule has 0 amide bonds. The first-order valence-corrected chi connectivity index (χ1v) is 11.3. The number of hydrogen-bond acceptors (Lipinski definition) is 1. The number of thioether (sulfide) groups is 1. The minimum absolute atomic E-state index is 0.805. The lowest BCUT2D eigenvalue weighted by molar-refractivity contribution is 1.38. The first-order valence-electron chi connectivity index (χ1n) is 6.43. The van der Waals surface area contributed by atoms with Gasteiger partial charge in [0.05, 0.1) is 8.07 Å². The molecule has 0 nitrogen and oxygen atoms in total. The lowest BCUT2D eigenvalue weighted by Gasteiger charge is -2.16. The van der Waals surface area contributed by atoms with Gasteiger partial charge in [-0.25, -0.2) is 0 Å². The molecule has 100 valence electrons. The van der Waals surface area contributed by atoms with E-state index in [9.17, 15) is 0 Å². The van der Waals surface area contributed by atoms with Crippen LogP contribution in [-0.2, 0) is 5.75 Å². The number of hydrogen-bond donors (Lipinski definition) is 0. The molecule has 0 saturated carbocycles. The maximum atomic E-state index is 5.99. The third kappa shape index (κ3) is 4.41. The Kier molecular flexibility index (Phi) is 4.77. The summed E-state index contributed by atoms with van der Waals surface area (Å²) in [6, 6.07) is 17.1. The second kappa shape index (κ2) is 6.17. The zero-order valence-corrected chi connectivity index (χ0v) is 14.2. The maximum Gasteiger partial charge on any atom is 0.0775 e. The van der Waals surface area contributed by atoms with E-state index < -0.39 is 8.07 Å². The van der Waals surface area contributed by atoms with E-state index in [4.69, 9.17) is 11.6 Å². The molecule has 0 spiro atoms. The molecular formula is C16H19ClSSi. The molecule has 3 heteroatoms. The molecule has 0 heterocycles. The van der Waals surface area contributed by atoms with Crippen LogP contribution in [0.3, 0.4) is 0 Å². The van der Waals surface area contributed by atoms with E-state index in [0.717, 1.165) is 10.8 Å². The Morgan fingerprint density at radius 2 is 1.68 bits per heavy atom. The molecule has 19 heavy (non-hydrogen) atoms. The number of benzene rings is 2. The van der Waals surface area contributed by atoms with Crippen molar-refractivity contribution in [3.63, 3.8) is 0 Å². The summed E-state index contributed by atoms with van der Waals surface area (Å²) in [4.78, 5) is 1.22. The van der Waals surface area contributed by atoms with Gasteiger partial charge in [0.15, 0.2) is 0 Å². The fraction of sp³-hybridized carbons (Fsp3) is 0.250. The molecule has 0 radical (unpaired) electrons. The smallest absolute Gasteiger partial charge is 0.0775 e. The second-order valence-corrected chi connectivity index (χ2v) is 12.3. The predicted octanol–water partition coefficient (Wildman–Crippen LogP) is 5.18. The predicted molar refractivity (Wildman–Crippen MR) is 90.4 cm³/mol. The van der Waals surface area contributed by atoms with Crippen LogP contribution in [0.1, 0.15) is 5.56 Å². The van der Waals surface area contributed by atoms with Crippen LogP contribution in [0.15, 0.2) is 53.4 Å². The van der Waals surface area contributed by atoms with Crippen LogP contribution in [0.5, 0.6) is 0 Å². The largest absolute Gasteiger partial charge is 0.121 e. The van der Waals surface area contributed by atoms with E-state index in [0.29, 0.717) is 0 Å². The highest BCUT2D eigenvalue weighted by Crippen LogP contribution is 2.25. The van der Waals surface area contributed by atoms with Gasteiger partial charge in [-0.15, -0.1) is 11.8 Å². The van der Waals surface area contributed by atoms with Gasteiger partial charge in [-0.2, -0.15) is 0 Å². The average molecular weight is 307 g/mol. The van der Waals surface area contributed by atoms with Crippen LogP contribution >= 0.6 is 23.4 Å². The third-order valence-corrected chi connectivity index (χ3v) is 6.39. The van der Waals surface area contributed by atoms with Gasteiger partial charge in [0, 0.05) is 15.7 Å². The highest BCUT2D eigenvalue weighted by atomic mass is 35.5. The summed E-state index contributed by atoms with van der Waals surface area (Å²) >= 11 is 7.82. The van der Waals surface area contributed by atoms with Crippen molar-refractivity contribution in [3.05, 3.63) is 59.1 Å². The van der Waals surface area contributed by atoms with Crippen molar-refractivity contribution < 1.29 is 0 Å². The van der Waals surface area contributed by atoms with E-state index in [-0.39, 0.29) is 0 Å². The molecule has 0 unspecified atom stereocenters. The molecular weight excluding hydrogens is 288 g/mol. The van der Waals surface area contributed by atoms with Crippen molar-refractivity contribution in [1.29, 1.82) is 0 Å². The van der Waals surface area contributed by atoms with E-state index in [1.54, 1.807) is 0 Å². The summed E-state index contributed by atoms with van der Waals surface area (Å²) in [5, 5.41) is 2.32. The first-order chi connectivity index (χ1) is 8.95. The molecule has 0 bridgehead atoms. The highest BCUT2D eigenvalue weighted by Gasteiger charge is 2.15. The van der Waals surface area contributed by atoms with Gasteiger partial charge in [0.25, 0.3) is 0 Å². The lowest BCUT2D eigenvalue weighted by atomic mass is 10.2. The fourth-order valence-corrected chi connectivity index (χ4v) is 4.16. The molecule has 2 rings (SSSR count). The summed E-state index contributed by atoms with van der Waals surface area (Å²) < 4.78 is 0. The SMILES string of the molecule is C[Si](C)(C)c1ccc(CSc2cccc(Cl)c2)cc1. The number of halogens is 1. The van der Waals surface area contributed by atoms with Gasteiger partial charge in [0.2, 0.25) is 0 Å². The van der Waals surface area contributed by atoms with Crippen LogP contribution in [0.4, 0.5) is 0 Å². The van der Waals surface area contributed by atoms with Crippen LogP contribution in [0.2, 0.25) is 24.7 Å². The Morgan fingerprint density at radius 1 is 1.00 bits per heavy atom. The Labute approximate surface area is 126 Å². The van der Waals surface area contributed by atoms with Crippen molar-refractivity contribution in [3.8, 4) is 0 Å². The molecule has 0 aliphatic carbocycles. The van der Waals surface area contributed by atoms with Crippen molar-refractivity contribution >= 4 is 36.6 Å². The summed E-state index contributed by atoms with van der Waals surface area (Å²) in [5.41, 5.74) is 1.37. The standard InChI is InChI=1S/C16H19ClSSi/c1-19(2,3)16-9-7-13(8-10-16)12-18-15-6-4-5-14(17)11-15/h4-11H,12H2,1-3H3. The van der Waals surface area contributed by atoms with Gasteiger partial charge in [-0.3, -0.25) is 0 Å². The molecule has 0 aliphatic heterocycles. The molecule has 2 aromatic carbocycles. The molecule has 0 saturated heterocycles. The molecule has 0 aromatic heterocycles. The van der Waals surface area contributed by atoms with Crippen molar-refractivity contribution in [2.24, 2.45) is 0 Å². The van der Waals surface area contributed by atoms with Gasteiger partial charge in [-0.05, 0) is 23.8 Å². The van der Waals surface area contributed by atoms with E-state index in [1.165, 1.54) is 15.6 Å². The molecule has 0 N–H and O–H groups in total. The van der Waals surface area contributed by atoms with E-state index in [1.807, 2.05) is 30.0 Å². The molecule has 0 aliphatic rings. The monoisotopic (exact) mass is 306 g/mol. The Bertz CT molecular complexity index is 543. The zero-order valence-electron chi connectivity index (χ0n) is 11.6. The van der Waals surface area contributed by atoms with Gasteiger partial charge in [-0.1, -0.05) is 66.8 Å². The fourth-order valence-electron chi connectivity index (χ4n) is 1.82. The van der Waals surface area contributed by atoms with Crippen LogP contribution in [-0.4, -0.2) is 8.07 Å². The summed E-state index contributed by atoms with van der Waals surface area (Å²) in [7, 11) is -1.17. The van der Waals surface area contributed by atoms with Crippen LogP contribution in [0, 0.1) is 0 Å². The second-order valence-electron chi connectivity index (χ2n) is 5.69. The maximum absolute atomic E-state index is 5.99. The minimum Gasteiger partial charge on any atom is -0.121 e. The first kappa shape index (κ1) is 14.7. The Hall–Kier alpha value is -0.703. The van der Waals surface area contributed by atoms with Gasteiger partial charge >= 0.3 is 0 Å². The van der Waals surface area contributed by atoms with Crippen molar-refractivity contribution in [2.45, 2.75) is 30.3 Å². The summed E-state index contributed by atoms with van der Waals surface area (Å²) in [6.45, 7) is 7.13. The lowest BCUT2D eigenvalue weighted by Crippen LogP contribution is -2.37. The summed E-state index contributed by atoms with van der Waals surface area (Å²) in [5.74, 6) is 0.992. The number of rotatable bonds is 4. The molecule has 0 atom stereocenters. The van der Waals surface area contributed by atoms with Gasteiger partial charge in [0.1, 0.15) is 0 Å². The zero-order chi connectivity index (χ0) is 13.9. The van der Waals surface area contributed by atoms with Crippen molar-refractivity contribution in [2.75, 3.05) is 0 Å².